The normalized spacial score (nSPS) is 25.6. The maximum absolute atomic E-state index is 11.0. The van der Waals surface area contributed by atoms with Crippen LogP contribution in [0, 0.1) is 29.6 Å². The summed E-state index contributed by atoms with van der Waals surface area (Å²) in [5.41, 5.74) is 2.40. The standard InChI is InChI=1S/C28H40O4Si/c1-7-8-11-19(2)20(3)16-17-22-24(32-33(4,5)6)18-25-27(22)23-14-9-12-21(28(23)31-25)13-10-15-26(29)30/h9,12,14,16-17,19-20,22,24-25,27H,10-11,13,15,18H2,1-6H3,(H,29,30)/b17-16+/t19?,20-,22+,24?,25+,27+/m1/s1. The minimum absolute atomic E-state index is 0.121. The van der Waals surface area contributed by atoms with Crippen LogP contribution < -0.4 is 4.74 Å². The Morgan fingerprint density at radius 2 is 2.09 bits per heavy atom. The summed E-state index contributed by atoms with van der Waals surface area (Å²) in [6, 6.07) is 6.38. The molecule has 180 valence electrons. The lowest BCUT2D eigenvalue weighted by Crippen LogP contribution is -2.34. The highest BCUT2D eigenvalue weighted by Crippen LogP contribution is 2.53. The molecule has 3 rings (SSSR count). The van der Waals surface area contributed by atoms with Crippen molar-refractivity contribution in [1.29, 1.82) is 0 Å². The van der Waals surface area contributed by atoms with Crippen LogP contribution in [0.4, 0.5) is 0 Å². The van der Waals surface area contributed by atoms with E-state index in [1.54, 1.807) is 0 Å². The number of hydrogen-bond donors (Lipinski definition) is 1. The number of para-hydroxylation sites is 1. The Bertz CT molecular complexity index is 920. The quantitative estimate of drug-likeness (QED) is 0.244. The summed E-state index contributed by atoms with van der Waals surface area (Å²) in [5, 5.41) is 9.01. The summed E-state index contributed by atoms with van der Waals surface area (Å²) in [5.74, 6) is 8.00. The van der Waals surface area contributed by atoms with Gasteiger partial charge in [0.1, 0.15) is 11.9 Å². The first-order chi connectivity index (χ1) is 15.6. The van der Waals surface area contributed by atoms with Crippen molar-refractivity contribution in [1.82, 2.24) is 0 Å². The zero-order valence-electron chi connectivity index (χ0n) is 21.1. The summed E-state index contributed by atoms with van der Waals surface area (Å²) in [6.07, 6.45) is 8.42. The Morgan fingerprint density at radius 3 is 2.76 bits per heavy atom. The number of benzene rings is 1. The molecule has 1 aromatic rings. The predicted octanol–water partition coefficient (Wildman–Crippen LogP) is 6.42. The van der Waals surface area contributed by atoms with Crippen LogP contribution in [0.2, 0.25) is 19.6 Å². The number of ether oxygens (including phenoxy) is 1. The molecule has 0 spiro atoms. The first kappa shape index (κ1) is 25.6. The van der Waals surface area contributed by atoms with E-state index in [0.29, 0.717) is 18.3 Å². The monoisotopic (exact) mass is 468 g/mol. The van der Waals surface area contributed by atoms with Gasteiger partial charge in [-0.15, -0.1) is 11.8 Å². The topological polar surface area (TPSA) is 55.8 Å². The largest absolute Gasteiger partial charge is 0.489 e. The zero-order valence-corrected chi connectivity index (χ0v) is 22.1. The fourth-order valence-corrected chi connectivity index (χ4v) is 6.26. The number of aryl methyl sites for hydroxylation is 1. The van der Waals surface area contributed by atoms with Crippen LogP contribution in [0.1, 0.15) is 63.5 Å². The molecule has 33 heavy (non-hydrogen) atoms. The second kappa shape index (κ2) is 10.9. The van der Waals surface area contributed by atoms with Crippen LogP contribution in [0.3, 0.4) is 0 Å². The van der Waals surface area contributed by atoms with E-state index < -0.39 is 14.3 Å². The van der Waals surface area contributed by atoms with Crippen LogP contribution in [0.5, 0.6) is 5.75 Å². The number of allylic oxidation sites excluding steroid dienone is 1. The van der Waals surface area contributed by atoms with Crippen LogP contribution in [0.15, 0.2) is 30.4 Å². The van der Waals surface area contributed by atoms with Gasteiger partial charge in [0.05, 0.1) is 6.10 Å². The van der Waals surface area contributed by atoms with Gasteiger partial charge in [0, 0.05) is 36.7 Å². The maximum atomic E-state index is 11.0. The summed E-state index contributed by atoms with van der Waals surface area (Å²) in [6.45, 7) is 13.2. The lowest BCUT2D eigenvalue weighted by atomic mass is 9.85. The minimum Gasteiger partial charge on any atom is -0.489 e. The van der Waals surface area contributed by atoms with Gasteiger partial charge in [-0.3, -0.25) is 4.79 Å². The molecule has 1 N–H and O–H groups in total. The number of carboxylic acid groups (broad SMARTS) is 1. The van der Waals surface area contributed by atoms with E-state index in [1.807, 2.05) is 6.92 Å². The molecule has 0 aromatic heterocycles. The van der Waals surface area contributed by atoms with E-state index in [2.05, 4.69) is 75.7 Å². The van der Waals surface area contributed by atoms with Crippen molar-refractivity contribution in [3.8, 4) is 17.6 Å². The van der Waals surface area contributed by atoms with E-state index in [0.717, 1.165) is 30.6 Å². The van der Waals surface area contributed by atoms with Crippen LogP contribution in [-0.4, -0.2) is 31.6 Å². The molecule has 1 aliphatic carbocycles. The van der Waals surface area contributed by atoms with E-state index >= 15 is 0 Å². The molecule has 0 saturated heterocycles. The van der Waals surface area contributed by atoms with Gasteiger partial charge in [0.2, 0.25) is 0 Å². The second-order valence-electron chi connectivity index (χ2n) is 10.7. The predicted molar refractivity (Wildman–Crippen MR) is 136 cm³/mol. The molecule has 1 heterocycles. The summed E-state index contributed by atoms with van der Waals surface area (Å²) in [7, 11) is -1.70. The highest BCUT2D eigenvalue weighted by molar-refractivity contribution is 6.69. The van der Waals surface area contributed by atoms with E-state index in [1.165, 1.54) is 5.56 Å². The van der Waals surface area contributed by atoms with E-state index in [4.69, 9.17) is 14.3 Å². The molecule has 2 aliphatic rings. The highest BCUT2D eigenvalue weighted by Gasteiger charge is 2.50. The molecule has 6 atom stereocenters. The molecule has 4 nitrogen and oxygen atoms in total. The molecule has 5 heteroatoms. The van der Waals surface area contributed by atoms with Gasteiger partial charge in [-0.05, 0) is 56.8 Å². The summed E-state index contributed by atoms with van der Waals surface area (Å²) in [4.78, 5) is 11.0. The van der Waals surface area contributed by atoms with Crippen molar-refractivity contribution < 1.29 is 19.1 Å². The highest BCUT2D eigenvalue weighted by atomic mass is 28.4. The Balaban J connectivity index is 1.85. The molecule has 0 amide bonds. The molecule has 0 radical (unpaired) electrons. The zero-order chi connectivity index (χ0) is 24.2. The molecule has 1 aliphatic heterocycles. The van der Waals surface area contributed by atoms with Gasteiger partial charge in [-0.2, -0.15) is 0 Å². The molecule has 2 unspecified atom stereocenters. The lowest BCUT2D eigenvalue weighted by molar-refractivity contribution is -0.137. The Morgan fingerprint density at radius 1 is 1.33 bits per heavy atom. The number of aliphatic carboxylic acids is 1. The van der Waals surface area contributed by atoms with Crippen molar-refractivity contribution in [2.45, 2.75) is 90.6 Å². The molecular weight excluding hydrogens is 428 g/mol. The van der Waals surface area contributed by atoms with Gasteiger partial charge < -0.3 is 14.3 Å². The third-order valence-electron chi connectivity index (χ3n) is 6.94. The smallest absolute Gasteiger partial charge is 0.303 e. The first-order valence-corrected chi connectivity index (χ1v) is 15.8. The minimum atomic E-state index is -1.70. The Kier molecular flexibility index (Phi) is 8.47. The average molecular weight is 469 g/mol. The van der Waals surface area contributed by atoms with Crippen LogP contribution in [-0.2, 0) is 15.6 Å². The van der Waals surface area contributed by atoms with Crippen molar-refractivity contribution in [2.24, 2.45) is 17.8 Å². The van der Waals surface area contributed by atoms with Gasteiger partial charge >= 0.3 is 5.97 Å². The van der Waals surface area contributed by atoms with Crippen LogP contribution >= 0.6 is 0 Å². The van der Waals surface area contributed by atoms with Crippen molar-refractivity contribution in [3.05, 3.63) is 41.5 Å². The molecule has 1 aromatic carbocycles. The fraction of sp³-hybridized carbons (Fsp3) is 0.607. The molecule has 1 fully saturated rings. The third-order valence-corrected chi connectivity index (χ3v) is 7.95. The Hall–Kier alpha value is -2.03. The molecular formula is C28H40O4Si. The average Bonchev–Trinajstić information content (AvgIpc) is 3.24. The summed E-state index contributed by atoms with van der Waals surface area (Å²) < 4.78 is 13.2. The molecule has 0 bridgehead atoms. The van der Waals surface area contributed by atoms with Crippen molar-refractivity contribution >= 4 is 14.3 Å². The van der Waals surface area contributed by atoms with Gasteiger partial charge in [0.15, 0.2) is 8.32 Å². The van der Waals surface area contributed by atoms with Crippen LogP contribution in [0.25, 0.3) is 0 Å². The number of fused-ring (bicyclic) bond motifs is 3. The first-order valence-electron chi connectivity index (χ1n) is 12.4. The number of hydrogen-bond acceptors (Lipinski definition) is 3. The second-order valence-corrected chi connectivity index (χ2v) is 15.2. The van der Waals surface area contributed by atoms with Gasteiger partial charge in [0.25, 0.3) is 0 Å². The van der Waals surface area contributed by atoms with E-state index in [-0.39, 0.29) is 30.5 Å². The Labute approximate surface area is 200 Å². The number of carbonyl (C=O) groups is 1. The third kappa shape index (κ3) is 6.52. The van der Waals surface area contributed by atoms with Gasteiger partial charge in [-0.1, -0.05) is 44.2 Å². The number of rotatable bonds is 10. The molecule has 1 saturated carbocycles. The number of carboxylic acids is 1. The SMILES string of the molecule is CC#CCC(C)[C@H](C)/C=C/[C@H]1C(O[Si](C)(C)C)C[C@@H]2Oc3c(CCCC(=O)O)cccc3[C@@H]21. The van der Waals surface area contributed by atoms with E-state index in [9.17, 15) is 4.79 Å². The summed E-state index contributed by atoms with van der Waals surface area (Å²) >= 11 is 0. The fourth-order valence-electron chi connectivity index (χ4n) is 5.10. The van der Waals surface area contributed by atoms with Crippen molar-refractivity contribution in [3.63, 3.8) is 0 Å². The van der Waals surface area contributed by atoms with Crippen molar-refractivity contribution in [2.75, 3.05) is 0 Å². The van der Waals surface area contributed by atoms with Gasteiger partial charge in [-0.25, -0.2) is 0 Å². The lowest BCUT2D eigenvalue weighted by Gasteiger charge is -2.28. The maximum Gasteiger partial charge on any atom is 0.303 e.